The monoisotopic (exact) mass is 296 g/mol. The summed E-state index contributed by atoms with van der Waals surface area (Å²) in [6.07, 6.45) is 5.04. The Morgan fingerprint density at radius 1 is 1.30 bits per heavy atom. The van der Waals surface area contributed by atoms with Gasteiger partial charge >= 0.3 is 0 Å². The molecule has 1 saturated carbocycles. The van der Waals surface area contributed by atoms with Crippen molar-refractivity contribution in [2.75, 3.05) is 0 Å². The fraction of sp³-hybridized carbons (Fsp3) is 0.600. The third-order valence-electron chi connectivity index (χ3n) is 4.26. The second kappa shape index (κ2) is 6.24. The fourth-order valence-corrected chi connectivity index (χ4v) is 3.51. The lowest BCUT2D eigenvalue weighted by Crippen LogP contribution is -2.38. The molecule has 1 aromatic carbocycles. The Hall–Kier alpha value is -0.910. The van der Waals surface area contributed by atoms with Gasteiger partial charge in [0.2, 0.25) is 10.0 Å². The highest BCUT2D eigenvalue weighted by Gasteiger charge is 2.23. The Kier molecular flexibility index (Phi) is 4.83. The fourth-order valence-electron chi connectivity index (χ4n) is 2.94. The molecule has 1 fully saturated rings. The zero-order chi connectivity index (χ0) is 14.8. The van der Waals surface area contributed by atoms with Crippen LogP contribution in [0.4, 0.5) is 0 Å². The third kappa shape index (κ3) is 3.81. The minimum Gasteiger partial charge on any atom is -0.307 e. The van der Waals surface area contributed by atoms with Crippen LogP contribution in [0.25, 0.3) is 0 Å². The van der Waals surface area contributed by atoms with Crippen LogP contribution in [0.5, 0.6) is 0 Å². The topological polar surface area (TPSA) is 72.2 Å². The van der Waals surface area contributed by atoms with Crippen molar-refractivity contribution < 1.29 is 8.42 Å². The Morgan fingerprint density at radius 3 is 2.65 bits per heavy atom. The summed E-state index contributed by atoms with van der Waals surface area (Å²) in [4.78, 5) is 0.181. The van der Waals surface area contributed by atoms with Crippen LogP contribution < -0.4 is 10.5 Å². The molecule has 0 aromatic heterocycles. The Labute approximate surface area is 121 Å². The molecule has 1 aromatic rings. The van der Waals surface area contributed by atoms with Crippen LogP contribution in [0, 0.1) is 5.92 Å². The summed E-state index contributed by atoms with van der Waals surface area (Å²) in [5.74, 6) is 0.674. The van der Waals surface area contributed by atoms with Crippen LogP contribution >= 0.6 is 0 Å². The highest BCUT2D eigenvalue weighted by atomic mass is 32.2. The Morgan fingerprint density at radius 2 is 2.00 bits per heavy atom. The predicted octanol–water partition coefficient (Wildman–Crippen LogP) is 2.56. The van der Waals surface area contributed by atoms with Crippen molar-refractivity contribution in [3.05, 3.63) is 29.8 Å². The lowest BCUT2D eigenvalue weighted by Gasteiger charge is -2.32. The van der Waals surface area contributed by atoms with E-state index in [4.69, 9.17) is 5.14 Å². The maximum atomic E-state index is 11.4. The SMILES string of the molecule is CC(NC1CCCCC1C)c1cccc(S(N)(=O)=O)c1. The smallest absolute Gasteiger partial charge is 0.238 e. The van der Waals surface area contributed by atoms with Crippen LogP contribution in [0.3, 0.4) is 0 Å². The maximum absolute atomic E-state index is 11.4. The molecule has 0 saturated heterocycles. The summed E-state index contributed by atoms with van der Waals surface area (Å²) in [6.45, 7) is 4.36. The zero-order valence-electron chi connectivity index (χ0n) is 12.2. The summed E-state index contributed by atoms with van der Waals surface area (Å²) in [7, 11) is -3.63. The first-order valence-electron chi connectivity index (χ1n) is 7.27. The van der Waals surface area contributed by atoms with Crippen molar-refractivity contribution in [1.29, 1.82) is 0 Å². The second-order valence-electron chi connectivity index (χ2n) is 5.87. The molecular formula is C15H24N2O2S. The van der Waals surface area contributed by atoms with E-state index in [9.17, 15) is 8.42 Å². The largest absolute Gasteiger partial charge is 0.307 e. The molecule has 0 aliphatic heterocycles. The van der Waals surface area contributed by atoms with E-state index in [0.29, 0.717) is 12.0 Å². The average molecular weight is 296 g/mol. The van der Waals surface area contributed by atoms with Gasteiger partial charge in [0.15, 0.2) is 0 Å². The van der Waals surface area contributed by atoms with E-state index in [1.54, 1.807) is 12.1 Å². The van der Waals surface area contributed by atoms with E-state index in [2.05, 4.69) is 19.2 Å². The molecule has 5 heteroatoms. The maximum Gasteiger partial charge on any atom is 0.238 e. The number of hydrogen-bond acceptors (Lipinski definition) is 3. The quantitative estimate of drug-likeness (QED) is 0.897. The van der Waals surface area contributed by atoms with Crippen molar-refractivity contribution in [2.24, 2.45) is 11.1 Å². The average Bonchev–Trinajstić information content (AvgIpc) is 2.40. The molecule has 1 aliphatic rings. The summed E-state index contributed by atoms with van der Waals surface area (Å²) in [5, 5.41) is 8.81. The lowest BCUT2D eigenvalue weighted by molar-refractivity contribution is 0.263. The number of nitrogens with two attached hydrogens (primary N) is 1. The summed E-state index contributed by atoms with van der Waals surface area (Å²) in [5.41, 5.74) is 0.967. The van der Waals surface area contributed by atoms with Gasteiger partial charge in [-0.15, -0.1) is 0 Å². The van der Waals surface area contributed by atoms with E-state index < -0.39 is 10.0 Å². The summed E-state index contributed by atoms with van der Waals surface area (Å²) in [6, 6.07) is 7.53. The predicted molar refractivity (Wildman–Crippen MR) is 80.8 cm³/mol. The third-order valence-corrected chi connectivity index (χ3v) is 5.17. The molecule has 3 atom stereocenters. The molecule has 2 rings (SSSR count). The van der Waals surface area contributed by atoms with Gasteiger partial charge in [0.05, 0.1) is 4.90 Å². The molecule has 112 valence electrons. The van der Waals surface area contributed by atoms with E-state index in [1.807, 2.05) is 6.07 Å². The van der Waals surface area contributed by atoms with Gasteiger partial charge in [-0.05, 0) is 43.4 Å². The molecule has 0 heterocycles. The van der Waals surface area contributed by atoms with Gasteiger partial charge in [0.25, 0.3) is 0 Å². The number of nitrogens with one attached hydrogen (secondary N) is 1. The highest BCUT2D eigenvalue weighted by Crippen LogP contribution is 2.26. The summed E-state index contributed by atoms with van der Waals surface area (Å²) < 4.78 is 22.8. The number of hydrogen-bond donors (Lipinski definition) is 2. The van der Waals surface area contributed by atoms with Gasteiger partial charge in [-0.1, -0.05) is 31.9 Å². The van der Waals surface area contributed by atoms with Crippen molar-refractivity contribution in [3.8, 4) is 0 Å². The minimum absolute atomic E-state index is 0.127. The first-order valence-corrected chi connectivity index (χ1v) is 8.81. The van der Waals surface area contributed by atoms with Gasteiger partial charge in [0, 0.05) is 12.1 Å². The van der Waals surface area contributed by atoms with Gasteiger partial charge in [-0.25, -0.2) is 13.6 Å². The van der Waals surface area contributed by atoms with Crippen LogP contribution in [0.15, 0.2) is 29.2 Å². The van der Waals surface area contributed by atoms with E-state index >= 15 is 0 Å². The molecule has 3 N–H and O–H groups in total. The normalized spacial score (nSPS) is 25.4. The Balaban J connectivity index is 2.11. The molecule has 4 nitrogen and oxygen atoms in total. The molecule has 1 aliphatic carbocycles. The molecule has 3 unspecified atom stereocenters. The summed E-state index contributed by atoms with van der Waals surface area (Å²) >= 11 is 0. The van der Waals surface area contributed by atoms with Crippen LogP contribution in [0.1, 0.15) is 51.1 Å². The Bertz CT molecular complexity index is 557. The molecule has 0 spiro atoms. The lowest BCUT2D eigenvalue weighted by atomic mass is 9.85. The zero-order valence-corrected chi connectivity index (χ0v) is 13.0. The molecule has 0 bridgehead atoms. The highest BCUT2D eigenvalue weighted by molar-refractivity contribution is 7.89. The van der Waals surface area contributed by atoms with Gasteiger partial charge in [-0.3, -0.25) is 0 Å². The van der Waals surface area contributed by atoms with Gasteiger partial charge in [0.1, 0.15) is 0 Å². The van der Waals surface area contributed by atoms with E-state index in [0.717, 1.165) is 5.56 Å². The number of benzene rings is 1. The number of primary sulfonamides is 1. The standard InChI is InChI=1S/C15H24N2O2S/c1-11-6-3-4-9-15(11)17-12(2)13-7-5-8-14(10-13)20(16,18)19/h5,7-8,10-12,15,17H,3-4,6,9H2,1-2H3,(H2,16,18,19). The van der Waals surface area contributed by atoms with E-state index in [-0.39, 0.29) is 10.9 Å². The first kappa shape index (κ1) is 15.5. The first-order chi connectivity index (χ1) is 9.38. The van der Waals surface area contributed by atoms with Crippen LogP contribution in [0.2, 0.25) is 0 Å². The van der Waals surface area contributed by atoms with Crippen LogP contribution in [-0.4, -0.2) is 14.5 Å². The van der Waals surface area contributed by atoms with Gasteiger partial charge in [-0.2, -0.15) is 0 Å². The number of rotatable bonds is 4. The van der Waals surface area contributed by atoms with Crippen molar-refractivity contribution in [2.45, 2.75) is 56.5 Å². The van der Waals surface area contributed by atoms with Gasteiger partial charge < -0.3 is 5.32 Å². The minimum atomic E-state index is -3.63. The van der Waals surface area contributed by atoms with Crippen molar-refractivity contribution in [3.63, 3.8) is 0 Å². The molecule has 0 amide bonds. The van der Waals surface area contributed by atoms with Crippen molar-refractivity contribution >= 4 is 10.0 Å². The molecule has 20 heavy (non-hydrogen) atoms. The van der Waals surface area contributed by atoms with Crippen molar-refractivity contribution in [1.82, 2.24) is 5.32 Å². The number of sulfonamides is 1. The second-order valence-corrected chi connectivity index (χ2v) is 7.44. The van der Waals surface area contributed by atoms with E-state index in [1.165, 1.54) is 31.7 Å². The molecule has 0 radical (unpaired) electrons. The van der Waals surface area contributed by atoms with Crippen LogP contribution in [-0.2, 0) is 10.0 Å². The molecular weight excluding hydrogens is 272 g/mol.